The average molecular weight is 522 g/mol. The van der Waals surface area contributed by atoms with Gasteiger partial charge in [-0.15, -0.1) is 0 Å². The standard InChI is InChI=1S/C20H24F6O7S/c1-11(2)15(28)33-17-6-12-3-13(7-17)5-16(4-12,9-17)8-14(27)32-18(19(21,22)23,20(24,25)26)10-34(29,30)31/h12-13H,1,3-10H2,2H3,(H,29,30,31). The molecule has 0 aromatic carbocycles. The van der Waals surface area contributed by atoms with Gasteiger partial charge in [0.05, 0.1) is 6.42 Å². The molecule has 4 aliphatic carbocycles. The molecule has 4 aliphatic rings. The highest BCUT2D eigenvalue weighted by Gasteiger charge is 2.76. The van der Waals surface area contributed by atoms with Gasteiger partial charge >= 0.3 is 29.9 Å². The Morgan fingerprint density at radius 1 is 1.03 bits per heavy atom. The van der Waals surface area contributed by atoms with Crippen molar-refractivity contribution >= 4 is 22.1 Å². The van der Waals surface area contributed by atoms with Crippen LogP contribution in [0.25, 0.3) is 0 Å². The van der Waals surface area contributed by atoms with Crippen LogP contribution < -0.4 is 0 Å². The second-order valence-corrected chi connectivity index (χ2v) is 11.5. The van der Waals surface area contributed by atoms with Crippen molar-refractivity contribution in [2.45, 2.75) is 75.4 Å². The first-order valence-electron chi connectivity index (χ1n) is 10.4. The Bertz CT molecular complexity index is 956. The van der Waals surface area contributed by atoms with Gasteiger partial charge < -0.3 is 9.47 Å². The maximum absolute atomic E-state index is 13.5. The quantitative estimate of drug-likeness (QED) is 0.232. The number of hydrogen-bond donors (Lipinski definition) is 1. The number of hydrogen-bond acceptors (Lipinski definition) is 6. The van der Waals surface area contributed by atoms with Gasteiger partial charge in [-0.05, 0) is 62.7 Å². The molecule has 0 aromatic heterocycles. The van der Waals surface area contributed by atoms with Gasteiger partial charge in [-0.2, -0.15) is 34.8 Å². The SMILES string of the molecule is C=C(C)C(=O)OC12CC3CC(CC(CC(=O)OC(CS(=O)(=O)O)(C(F)(F)F)C(F)(F)F)(C3)C1)C2. The van der Waals surface area contributed by atoms with E-state index < -0.39 is 63.2 Å². The number of esters is 2. The summed E-state index contributed by atoms with van der Waals surface area (Å²) in [7, 11) is -5.86. The molecule has 34 heavy (non-hydrogen) atoms. The van der Waals surface area contributed by atoms with E-state index in [1.54, 1.807) is 0 Å². The molecule has 0 amide bonds. The second kappa shape index (κ2) is 8.10. The summed E-state index contributed by atoms with van der Waals surface area (Å²) in [6, 6.07) is 0. The van der Waals surface area contributed by atoms with Gasteiger partial charge in [0.1, 0.15) is 11.4 Å². The van der Waals surface area contributed by atoms with Crippen molar-refractivity contribution in [3.8, 4) is 0 Å². The number of halogens is 6. The van der Waals surface area contributed by atoms with Crippen molar-refractivity contribution in [2.24, 2.45) is 17.3 Å². The summed E-state index contributed by atoms with van der Waals surface area (Å²) in [5.41, 5.74) is -7.40. The highest BCUT2D eigenvalue weighted by atomic mass is 32.2. The highest BCUT2D eigenvalue weighted by Crippen LogP contribution is 2.64. The van der Waals surface area contributed by atoms with Crippen LogP contribution in [0.5, 0.6) is 0 Å². The molecular formula is C20H24F6O7S. The molecule has 4 saturated carbocycles. The van der Waals surface area contributed by atoms with Crippen LogP contribution in [-0.4, -0.2) is 54.2 Å². The van der Waals surface area contributed by atoms with Crippen LogP contribution in [-0.2, 0) is 29.2 Å². The van der Waals surface area contributed by atoms with Gasteiger partial charge in [0, 0.05) is 5.57 Å². The third-order valence-corrected chi connectivity index (χ3v) is 7.67. The van der Waals surface area contributed by atoms with Gasteiger partial charge in [-0.3, -0.25) is 9.35 Å². The lowest BCUT2D eigenvalue weighted by Gasteiger charge is -2.61. The van der Waals surface area contributed by atoms with Gasteiger partial charge in [0.25, 0.3) is 10.1 Å². The Kier molecular flexibility index (Phi) is 6.38. The number of carbonyl (C=O) groups is 2. The molecule has 4 fully saturated rings. The fourth-order valence-corrected chi connectivity index (χ4v) is 7.14. The van der Waals surface area contributed by atoms with E-state index in [1.807, 2.05) is 0 Å². The topological polar surface area (TPSA) is 107 Å². The Morgan fingerprint density at radius 3 is 1.94 bits per heavy atom. The molecular weight excluding hydrogens is 498 g/mol. The second-order valence-electron chi connectivity index (χ2n) is 10.0. The Hall–Kier alpha value is -1.83. The fraction of sp³-hybridized carbons (Fsp3) is 0.800. The van der Waals surface area contributed by atoms with Gasteiger partial charge in [-0.1, -0.05) is 6.58 Å². The minimum atomic E-state index is -6.38. The average Bonchev–Trinajstić information content (AvgIpc) is 2.55. The zero-order chi connectivity index (χ0) is 26.0. The van der Waals surface area contributed by atoms with E-state index in [4.69, 9.17) is 9.29 Å². The summed E-state index contributed by atoms with van der Waals surface area (Å²) in [5, 5.41) is 0. The van der Waals surface area contributed by atoms with E-state index in [0.717, 1.165) is 6.42 Å². The molecule has 0 heterocycles. The van der Waals surface area contributed by atoms with Crippen LogP contribution in [0.4, 0.5) is 26.3 Å². The zero-order valence-electron chi connectivity index (χ0n) is 18.1. The number of rotatable bonds is 7. The molecule has 2 unspecified atom stereocenters. The predicted molar refractivity (Wildman–Crippen MR) is 103 cm³/mol. The largest absolute Gasteiger partial charge is 0.456 e. The highest BCUT2D eigenvalue weighted by molar-refractivity contribution is 7.85. The van der Waals surface area contributed by atoms with Crippen molar-refractivity contribution < 1.29 is 58.4 Å². The third kappa shape index (κ3) is 5.07. The number of ether oxygens (including phenoxy) is 2. The monoisotopic (exact) mass is 522 g/mol. The normalized spacial score (nSPS) is 31.3. The van der Waals surface area contributed by atoms with E-state index in [0.29, 0.717) is 25.7 Å². The summed E-state index contributed by atoms with van der Waals surface area (Å²) >= 11 is 0. The zero-order valence-corrected chi connectivity index (χ0v) is 18.9. The summed E-state index contributed by atoms with van der Waals surface area (Å²) in [5.74, 6) is -5.61. The van der Waals surface area contributed by atoms with Crippen LogP contribution >= 0.6 is 0 Å². The van der Waals surface area contributed by atoms with Crippen molar-refractivity contribution in [1.29, 1.82) is 0 Å². The van der Waals surface area contributed by atoms with Crippen molar-refractivity contribution in [3.05, 3.63) is 12.2 Å². The molecule has 4 rings (SSSR count). The molecule has 1 N–H and O–H groups in total. The molecule has 4 bridgehead atoms. The van der Waals surface area contributed by atoms with Crippen LogP contribution in [0.3, 0.4) is 0 Å². The van der Waals surface area contributed by atoms with Gasteiger partial charge in [0.15, 0.2) is 0 Å². The Balaban J connectivity index is 1.89. The molecule has 0 saturated heterocycles. The first-order chi connectivity index (χ1) is 15.2. The summed E-state index contributed by atoms with van der Waals surface area (Å²) in [6.07, 6.45) is -11.3. The van der Waals surface area contributed by atoms with E-state index in [1.165, 1.54) is 6.92 Å². The molecule has 14 heteroatoms. The fourth-order valence-electron chi connectivity index (χ4n) is 6.24. The lowest BCUT2D eigenvalue weighted by molar-refractivity contribution is -0.362. The molecule has 0 aliphatic heterocycles. The summed E-state index contributed by atoms with van der Waals surface area (Å²) in [6.45, 7) is 4.93. The first kappa shape index (κ1) is 26.8. The lowest BCUT2D eigenvalue weighted by atomic mass is 9.47. The van der Waals surface area contributed by atoms with Crippen LogP contribution in [0.2, 0.25) is 0 Å². The van der Waals surface area contributed by atoms with Crippen molar-refractivity contribution in [2.75, 3.05) is 5.75 Å². The van der Waals surface area contributed by atoms with E-state index in [2.05, 4.69) is 11.3 Å². The summed E-state index contributed by atoms with van der Waals surface area (Å²) in [4.78, 5) is 24.7. The number of alkyl halides is 6. The Morgan fingerprint density at radius 2 is 1.53 bits per heavy atom. The maximum Gasteiger partial charge on any atom is 0.438 e. The smallest absolute Gasteiger partial charge is 0.438 e. The molecule has 2 atom stereocenters. The third-order valence-electron chi connectivity index (χ3n) is 6.90. The minimum absolute atomic E-state index is 0.0461. The molecule has 7 nitrogen and oxygen atoms in total. The van der Waals surface area contributed by atoms with Crippen molar-refractivity contribution in [1.82, 2.24) is 0 Å². The lowest BCUT2D eigenvalue weighted by Crippen LogP contribution is -2.64. The van der Waals surface area contributed by atoms with Crippen LogP contribution in [0.15, 0.2) is 12.2 Å². The molecule has 0 aromatic rings. The van der Waals surface area contributed by atoms with E-state index in [9.17, 15) is 44.3 Å². The predicted octanol–water partition coefficient (Wildman–Crippen LogP) is 4.13. The maximum atomic E-state index is 13.5. The summed E-state index contributed by atoms with van der Waals surface area (Å²) < 4.78 is 121. The Labute approximate surface area is 191 Å². The number of carbonyl (C=O) groups excluding carboxylic acids is 2. The van der Waals surface area contributed by atoms with Crippen molar-refractivity contribution in [3.63, 3.8) is 0 Å². The van der Waals surface area contributed by atoms with Crippen LogP contribution in [0, 0.1) is 17.3 Å². The molecule has 194 valence electrons. The van der Waals surface area contributed by atoms with Gasteiger partial charge in [-0.25, -0.2) is 4.79 Å². The van der Waals surface area contributed by atoms with E-state index >= 15 is 0 Å². The molecule has 0 radical (unpaired) electrons. The van der Waals surface area contributed by atoms with Crippen LogP contribution in [0.1, 0.15) is 51.9 Å². The van der Waals surface area contributed by atoms with Gasteiger partial charge in [0.2, 0.25) is 0 Å². The first-order valence-corrected chi connectivity index (χ1v) is 12.0. The minimum Gasteiger partial charge on any atom is -0.456 e. The van der Waals surface area contributed by atoms with E-state index in [-0.39, 0.29) is 23.8 Å². The molecule has 0 spiro atoms.